The molecule has 0 radical (unpaired) electrons. The number of nitrogens with one attached hydrogen (secondary N) is 1. The summed E-state index contributed by atoms with van der Waals surface area (Å²) in [5, 5.41) is 12.5. The minimum atomic E-state index is -1.41. The molecular weight excluding hydrogens is 464 g/mol. The van der Waals surface area contributed by atoms with Crippen LogP contribution >= 0.6 is 0 Å². The van der Waals surface area contributed by atoms with E-state index in [9.17, 15) is 19.5 Å². The highest BCUT2D eigenvalue weighted by atomic mass is 16.5. The van der Waals surface area contributed by atoms with Gasteiger partial charge in [0.2, 0.25) is 17.7 Å². The second-order valence-corrected chi connectivity index (χ2v) is 10.9. The van der Waals surface area contributed by atoms with Gasteiger partial charge in [-0.1, -0.05) is 34.1 Å². The minimum Gasteiger partial charge on any atom is -0.388 e. The van der Waals surface area contributed by atoms with E-state index in [4.69, 9.17) is 15.2 Å². The molecule has 4 N–H and O–H groups in total. The van der Waals surface area contributed by atoms with Gasteiger partial charge in [0.1, 0.15) is 6.04 Å². The Morgan fingerprint density at radius 1 is 1.19 bits per heavy atom. The average molecular weight is 515 g/mol. The summed E-state index contributed by atoms with van der Waals surface area (Å²) in [4.78, 5) is 42.2. The topological polar surface area (TPSA) is 134 Å². The lowest BCUT2D eigenvalue weighted by molar-refractivity contribution is -0.144. The first-order valence-electron chi connectivity index (χ1n) is 13.1. The van der Waals surface area contributed by atoms with Gasteiger partial charge in [-0.2, -0.15) is 0 Å². The molecule has 1 aliphatic heterocycles. The zero-order valence-corrected chi connectivity index (χ0v) is 23.7. The highest BCUT2D eigenvalue weighted by molar-refractivity contribution is 5.88. The monoisotopic (exact) mass is 514 g/mol. The van der Waals surface area contributed by atoms with Crippen molar-refractivity contribution in [1.82, 2.24) is 15.1 Å². The van der Waals surface area contributed by atoms with Gasteiger partial charge in [0.25, 0.3) is 0 Å². The zero-order chi connectivity index (χ0) is 27.8. The number of carbonyl (C=O) groups is 3. The van der Waals surface area contributed by atoms with Gasteiger partial charge in [-0.05, 0) is 38.5 Å². The number of aliphatic hydroxyl groups is 1. The van der Waals surface area contributed by atoms with Gasteiger partial charge >= 0.3 is 0 Å². The Labute approximate surface area is 217 Å². The van der Waals surface area contributed by atoms with Crippen LogP contribution in [0.3, 0.4) is 0 Å². The van der Waals surface area contributed by atoms with Crippen LogP contribution in [0.15, 0.2) is 0 Å². The quantitative estimate of drug-likeness (QED) is 0.316. The van der Waals surface area contributed by atoms with Crippen LogP contribution in [0.2, 0.25) is 0 Å². The Morgan fingerprint density at radius 2 is 1.81 bits per heavy atom. The molecule has 0 saturated carbocycles. The average Bonchev–Trinajstić information content (AvgIpc) is 3.29. The predicted octanol–water partition coefficient (Wildman–Crippen LogP) is 1.14. The van der Waals surface area contributed by atoms with Crippen molar-refractivity contribution in [1.29, 1.82) is 0 Å². The minimum absolute atomic E-state index is 0.00865. The van der Waals surface area contributed by atoms with Crippen LogP contribution < -0.4 is 11.1 Å². The maximum Gasteiger partial charge on any atom is 0.242 e. The molecule has 10 nitrogen and oxygen atoms in total. The maximum absolute atomic E-state index is 13.5. The van der Waals surface area contributed by atoms with Gasteiger partial charge in [0, 0.05) is 27.8 Å². The Kier molecular flexibility index (Phi) is 12.8. The highest BCUT2D eigenvalue weighted by Gasteiger charge is 2.40. The highest BCUT2D eigenvalue weighted by Crippen LogP contribution is 2.28. The fraction of sp³-hybridized carbons (Fsp3) is 0.885. The first kappa shape index (κ1) is 32.3. The number of methoxy groups -OCH3 is 2. The third-order valence-corrected chi connectivity index (χ3v) is 7.51. The lowest BCUT2D eigenvalue weighted by Crippen LogP contribution is -2.56. The number of likely N-dealkylation sites (tertiary alicyclic amines) is 1. The molecule has 6 atom stereocenters. The normalized spacial score (nSPS) is 20.6. The van der Waals surface area contributed by atoms with Gasteiger partial charge < -0.3 is 35.4 Å². The Bertz CT molecular complexity index is 726. The summed E-state index contributed by atoms with van der Waals surface area (Å²) in [5.74, 6) is -0.624. The third kappa shape index (κ3) is 8.39. The number of hydrogen-bond donors (Lipinski definition) is 3. The number of hydrogen-bond acceptors (Lipinski definition) is 7. The first-order chi connectivity index (χ1) is 16.7. The zero-order valence-electron chi connectivity index (χ0n) is 23.7. The van der Waals surface area contributed by atoms with Crippen molar-refractivity contribution in [2.75, 3.05) is 34.4 Å². The summed E-state index contributed by atoms with van der Waals surface area (Å²) >= 11 is 0. The van der Waals surface area contributed by atoms with E-state index in [1.807, 2.05) is 18.7 Å². The number of carbonyl (C=O) groups excluding carboxylic acids is 3. The number of ether oxygens (including phenoxy) is 2. The summed E-state index contributed by atoms with van der Waals surface area (Å²) < 4.78 is 11.5. The molecule has 1 heterocycles. The predicted molar refractivity (Wildman–Crippen MR) is 139 cm³/mol. The van der Waals surface area contributed by atoms with E-state index >= 15 is 0 Å². The van der Waals surface area contributed by atoms with Gasteiger partial charge in [-0.15, -0.1) is 0 Å². The molecule has 1 saturated heterocycles. The molecule has 1 fully saturated rings. The van der Waals surface area contributed by atoms with Gasteiger partial charge in [0.15, 0.2) is 0 Å². The fourth-order valence-corrected chi connectivity index (χ4v) is 5.07. The van der Waals surface area contributed by atoms with Crippen LogP contribution in [0.5, 0.6) is 0 Å². The molecule has 0 aromatic heterocycles. The number of nitrogens with two attached hydrogens (primary N) is 1. The Morgan fingerprint density at radius 3 is 2.28 bits per heavy atom. The van der Waals surface area contributed by atoms with Crippen molar-refractivity contribution >= 4 is 17.7 Å². The largest absolute Gasteiger partial charge is 0.388 e. The van der Waals surface area contributed by atoms with Gasteiger partial charge in [-0.25, -0.2) is 0 Å². The number of nitrogens with zero attached hydrogens (tertiary/aromatic N) is 2. The van der Waals surface area contributed by atoms with Crippen LogP contribution in [0.25, 0.3) is 0 Å². The number of rotatable bonds is 14. The van der Waals surface area contributed by atoms with Crippen LogP contribution in [-0.2, 0) is 23.9 Å². The molecule has 1 aliphatic rings. The summed E-state index contributed by atoms with van der Waals surface area (Å²) in [7, 11) is 4.91. The van der Waals surface area contributed by atoms with Crippen molar-refractivity contribution < 1.29 is 29.0 Å². The first-order valence-corrected chi connectivity index (χ1v) is 13.1. The molecule has 0 aromatic rings. The van der Waals surface area contributed by atoms with Crippen LogP contribution in [0.4, 0.5) is 0 Å². The molecule has 0 bridgehead atoms. The lowest BCUT2D eigenvalue weighted by atomic mass is 9.90. The van der Waals surface area contributed by atoms with E-state index in [1.165, 1.54) is 13.8 Å². The molecule has 210 valence electrons. The third-order valence-electron chi connectivity index (χ3n) is 7.51. The van der Waals surface area contributed by atoms with E-state index in [2.05, 4.69) is 19.2 Å². The maximum atomic E-state index is 13.5. The standard InChI is InChI=1S/C26H50N4O6/c1-10-17(4)22(29(7)21(32)15-28-25(33)24(27)26(5,6)34)19(35-8)14-20(31)30-13-11-12-18(30)23(36-9)16(2)3/h16-19,22-24,34H,10-15,27H2,1-9H3,(H,28,33). The van der Waals surface area contributed by atoms with E-state index in [0.29, 0.717) is 6.54 Å². The van der Waals surface area contributed by atoms with E-state index in [-0.39, 0.29) is 54.8 Å². The molecule has 0 spiro atoms. The lowest BCUT2D eigenvalue weighted by Gasteiger charge is -2.39. The van der Waals surface area contributed by atoms with Crippen molar-refractivity contribution in [3.05, 3.63) is 0 Å². The molecule has 6 unspecified atom stereocenters. The molecule has 36 heavy (non-hydrogen) atoms. The van der Waals surface area contributed by atoms with Crippen molar-refractivity contribution in [2.24, 2.45) is 17.6 Å². The number of likely N-dealkylation sites (N-methyl/N-ethyl adjacent to an activating group) is 1. The van der Waals surface area contributed by atoms with Gasteiger partial charge in [0.05, 0.1) is 42.9 Å². The summed E-state index contributed by atoms with van der Waals surface area (Å²) in [6.07, 6.45) is 2.20. The summed E-state index contributed by atoms with van der Waals surface area (Å²) in [6.45, 7) is 11.5. The van der Waals surface area contributed by atoms with Crippen molar-refractivity contribution in [3.63, 3.8) is 0 Å². The second kappa shape index (κ2) is 14.3. The summed E-state index contributed by atoms with van der Waals surface area (Å²) in [6, 6.07) is -1.52. The Hall–Kier alpha value is -1.75. The molecule has 10 heteroatoms. The summed E-state index contributed by atoms with van der Waals surface area (Å²) in [5.41, 5.74) is 4.36. The number of amides is 3. The smallest absolute Gasteiger partial charge is 0.242 e. The van der Waals surface area contributed by atoms with E-state index in [0.717, 1.165) is 19.3 Å². The second-order valence-electron chi connectivity index (χ2n) is 10.9. The SMILES string of the molecule is CCC(C)C(C(CC(=O)N1CCCC1C(OC)C(C)C)OC)N(C)C(=O)CNC(=O)C(N)C(C)(C)O. The van der Waals surface area contributed by atoms with Crippen LogP contribution in [0, 0.1) is 11.8 Å². The van der Waals surface area contributed by atoms with Gasteiger partial charge in [-0.3, -0.25) is 14.4 Å². The fourth-order valence-electron chi connectivity index (χ4n) is 5.07. The molecule has 1 rings (SSSR count). The van der Waals surface area contributed by atoms with E-state index < -0.39 is 23.7 Å². The molecule has 0 aliphatic carbocycles. The van der Waals surface area contributed by atoms with E-state index in [1.54, 1.807) is 26.2 Å². The Balaban J connectivity index is 2.98. The van der Waals surface area contributed by atoms with Crippen molar-refractivity contribution in [3.8, 4) is 0 Å². The molecule has 3 amide bonds. The van der Waals surface area contributed by atoms with Crippen LogP contribution in [0.1, 0.15) is 67.2 Å². The molecular formula is C26H50N4O6. The molecule has 0 aromatic carbocycles. The van der Waals surface area contributed by atoms with Crippen LogP contribution in [-0.4, -0.2) is 103 Å². The van der Waals surface area contributed by atoms with Crippen molar-refractivity contribution in [2.45, 2.75) is 103 Å².